The molecule has 23 heavy (non-hydrogen) atoms. The Morgan fingerprint density at radius 2 is 2.00 bits per heavy atom. The van der Waals surface area contributed by atoms with E-state index >= 15 is 0 Å². The molecule has 3 rings (SSSR count). The molecule has 2 aromatic rings. The van der Waals surface area contributed by atoms with Gasteiger partial charge in [-0.05, 0) is 49.7 Å². The second kappa shape index (κ2) is 7.53. The summed E-state index contributed by atoms with van der Waals surface area (Å²) >= 11 is 0. The first-order chi connectivity index (χ1) is 11.3. The molecule has 5 nitrogen and oxygen atoms in total. The van der Waals surface area contributed by atoms with Gasteiger partial charge in [-0.3, -0.25) is 4.90 Å². The van der Waals surface area contributed by atoms with Crippen LogP contribution in [0.3, 0.4) is 0 Å². The average Bonchev–Trinajstić information content (AvgIpc) is 3.08. The van der Waals surface area contributed by atoms with Crippen molar-refractivity contribution in [3.8, 4) is 17.1 Å². The van der Waals surface area contributed by atoms with Crippen molar-refractivity contribution in [3.63, 3.8) is 0 Å². The van der Waals surface area contributed by atoms with Crippen LogP contribution >= 0.6 is 0 Å². The van der Waals surface area contributed by atoms with Gasteiger partial charge in [0.15, 0.2) is 5.82 Å². The maximum absolute atomic E-state index is 5.22. The van der Waals surface area contributed by atoms with Gasteiger partial charge in [-0.1, -0.05) is 0 Å². The predicted molar refractivity (Wildman–Crippen MR) is 89.4 cm³/mol. The fourth-order valence-corrected chi connectivity index (χ4v) is 3.07. The number of hydrogen-bond acceptors (Lipinski definition) is 5. The summed E-state index contributed by atoms with van der Waals surface area (Å²) in [5.74, 6) is 1.61. The lowest BCUT2D eigenvalue weighted by atomic mass is 10.1. The first-order valence-electron chi connectivity index (χ1n) is 8.02. The summed E-state index contributed by atoms with van der Waals surface area (Å²) < 4.78 is 10.4. The fraction of sp³-hybridized carbons (Fsp3) is 0.444. The number of hydrogen-bond donors (Lipinski definition) is 0. The molecule has 122 valence electrons. The number of rotatable bonds is 6. The van der Waals surface area contributed by atoms with Crippen LogP contribution in [0.15, 0.2) is 36.5 Å². The molecule has 5 heteroatoms. The largest absolute Gasteiger partial charge is 0.497 e. The van der Waals surface area contributed by atoms with Crippen LogP contribution in [0.2, 0.25) is 0 Å². The summed E-state index contributed by atoms with van der Waals surface area (Å²) in [6.45, 7) is 2.81. The van der Waals surface area contributed by atoms with Crippen LogP contribution in [0.25, 0.3) is 11.4 Å². The number of methoxy groups -OCH3 is 2. The van der Waals surface area contributed by atoms with E-state index in [0.717, 1.165) is 48.9 Å². The fourth-order valence-electron chi connectivity index (χ4n) is 3.07. The minimum atomic E-state index is 0.366. The van der Waals surface area contributed by atoms with Crippen LogP contribution in [0.1, 0.15) is 24.6 Å². The van der Waals surface area contributed by atoms with E-state index < -0.39 is 0 Å². The highest BCUT2D eigenvalue weighted by Gasteiger charge is 2.26. The average molecular weight is 313 g/mol. The van der Waals surface area contributed by atoms with Gasteiger partial charge in [0.2, 0.25) is 0 Å². The smallest absolute Gasteiger partial charge is 0.159 e. The number of nitrogens with zero attached hydrogens (tertiary/aromatic N) is 3. The van der Waals surface area contributed by atoms with Gasteiger partial charge in [-0.25, -0.2) is 9.97 Å². The highest BCUT2D eigenvalue weighted by Crippen LogP contribution is 2.31. The second-order valence-electron chi connectivity index (χ2n) is 5.72. The van der Waals surface area contributed by atoms with E-state index in [0.29, 0.717) is 6.04 Å². The Bertz CT molecular complexity index is 630. The Morgan fingerprint density at radius 1 is 1.17 bits per heavy atom. The summed E-state index contributed by atoms with van der Waals surface area (Å²) in [5, 5.41) is 0. The van der Waals surface area contributed by atoms with E-state index in [2.05, 4.69) is 9.88 Å². The zero-order chi connectivity index (χ0) is 16.1. The quantitative estimate of drug-likeness (QED) is 0.820. The zero-order valence-corrected chi connectivity index (χ0v) is 13.7. The van der Waals surface area contributed by atoms with Crippen molar-refractivity contribution in [2.45, 2.75) is 18.9 Å². The minimum absolute atomic E-state index is 0.366. The second-order valence-corrected chi connectivity index (χ2v) is 5.72. The van der Waals surface area contributed by atoms with Crippen molar-refractivity contribution in [2.24, 2.45) is 0 Å². The van der Waals surface area contributed by atoms with Gasteiger partial charge < -0.3 is 9.47 Å². The lowest BCUT2D eigenvalue weighted by Crippen LogP contribution is -2.27. The van der Waals surface area contributed by atoms with E-state index in [4.69, 9.17) is 14.5 Å². The molecule has 0 N–H and O–H groups in total. The molecule has 0 bridgehead atoms. The Labute approximate surface area is 137 Å². The molecule has 1 saturated heterocycles. The summed E-state index contributed by atoms with van der Waals surface area (Å²) in [4.78, 5) is 11.7. The SMILES string of the molecule is COCCN1CCC[C@H]1c1ccnc(-c2ccc(OC)cc2)n1. The highest BCUT2D eigenvalue weighted by molar-refractivity contribution is 5.56. The molecule has 1 aliphatic rings. The van der Waals surface area contributed by atoms with Gasteiger partial charge in [0.25, 0.3) is 0 Å². The van der Waals surface area contributed by atoms with Crippen LogP contribution in [-0.2, 0) is 4.74 Å². The zero-order valence-electron chi connectivity index (χ0n) is 13.7. The van der Waals surface area contributed by atoms with E-state index in [1.165, 1.54) is 6.42 Å². The van der Waals surface area contributed by atoms with Crippen molar-refractivity contribution in [1.29, 1.82) is 0 Å². The van der Waals surface area contributed by atoms with Crippen molar-refractivity contribution < 1.29 is 9.47 Å². The Hall–Kier alpha value is -1.98. The Morgan fingerprint density at radius 3 is 2.74 bits per heavy atom. The molecule has 1 aliphatic heterocycles. The molecule has 0 saturated carbocycles. The molecule has 1 atom stereocenters. The third-order valence-electron chi connectivity index (χ3n) is 4.31. The van der Waals surface area contributed by atoms with E-state index in [1.807, 2.05) is 36.5 Å². The summed E-state index contributed by atoms with van der Waals surface area (Å²) in [6.07, 6.45) is 4.20. The lowest BCUT2D eigenvalue weighted by Gasteiger charge is -2.23. The summed E-state index contributed by atoms with van der Waals surface area (Å²) in [7, 11) is 3.42. The standard InChI is InChI=1S/C18H23N3O2/c1-22-13-12-21-11-3-4-17(21)16-9-10-19-18(20-16)14-5-7-15(23-2)8-6-14/h5-10,17H,3-4,11-13H2,1-2H3/t17-/m0/s1. The van der Waals surface area contributed by atoms with Gasteiger partial charge in [0, 0.05) is 25.4 Å². The van der Waals surface area contributed by atoms with E-state index in [1.54, 1.807) is 14.2 Å². The van der Waals surface area contributed by atoms with Crippen LogP contribution in [0.4, 0.5) is 0 Å². The lowest BCUT2D eigenvalue weighted by molar-refractivity contribution is 0.140. The van der Waals surface area contributed by atoms with Crippen molar-refractivity contribution in [3.05, 3.63) is 42.2 Å². The molecular formula is C18H23N3O2. The third-order valence-corrected chi connectivity index (χ3v) is 4.31. The molecule has 1 fully saturated rings. The number of benzene rings is 1. The molecule has 1 aromatic heterocycles. The Kier molecular flexibility index (Phi) is 5.20. The maximum Gasteiger partial charge on any atom is 0.159 e. The molecular weight excluding hydrogens is 290 g/mol. The van der Waals surface area contributed by atoms with Crippen LogP contribution < -0.4 is 4.74 Å². The molecule has 0 spiro atoms. The predicted octanol–water partition coefficient (Wildman–Crippen LogP) is 2.94. The first-order valence-corrected chi connectivity index (χ1v) is 8.02. The molecule has 0 amide bonds. The highest BCUT2D eigenvalue weighted by atomic mass is 16.5. The van der Waals surface area contributed by atoms with Crippen molar-refractivity contribution >= 4 is 0 Å². The topological polar surface area (TPSA) is 47.5 Å². The number of likely N-dealkylation sites (tertiary alicyclic amines) is 1. The van der Waals surface area contributed by atoms with Crippen molar-refractivity contribution in [2.75, 3.05) is 33.9 Å². The van der Waals surface area contributed by atoms with Gasteiger partial charge in [-0.2, -0.15) is 0 Å². The van der Waals surface area contributed by atoms with Gasteiger partial charge in [0.1, 0.15) is 5.75 Å². The maximum atomic E-state index is 5.22. The minimum Gasteiger partial charge on any atom is -0.497 e. The molecule has 0 unspecified atom stereocenters. The summed E-state index contributed by atoms with van der Waals surface area (Å²) in [5.41, 5.74) is 2.11. The first kappa shape index (κ1) is 15.9. The van der Waals surface area contributed by atoms with Gasteiger partial charge in [-0.15, -0.1) is 0 Å². The Balaban J connectivity index is 1.81. The number of aromatic nitrogens is 2. The molecule has 1 aromatic carbocycles. The van der Waals surface area contributed by atoms with Gasteiger partial charge >= 0.3 is 0 Å². The molecule has 0 radical (unpaired) electrons. The molecule has 0 aliphatic carbocycles. The van der Waals surface area contributed by atoms with E-state index in [-0.39, 0.29) is 0 Å². The van der Waals surface area contributed by atoms with Crippen LogP contribution in [0.5, 0.6) is 5.75 Å². The normalized spacial score (nSPS) is 18.3. The van der Waals surface area contributed by atoms with Gasteiger partial charge in [0.05, 0.1) is 25.5 Å². The number of ether oxygens (including phenoxy) is 2. The van der Waals surface area contributed by atoms with E-state index in [9.17, 15) is 0 Å². The third kappa shape index (κ3) is 3.68. The molecule has 2 heterocycles. The van der Waals surface area contributed by atoms with Crippen molar-refractivity contribution in [1.82, 2.24) is 14.9 Å². The van der Waals surface area contributed by atoms with Crippen LogP contribution in [-0.4, -0.2) is 48.8 Å². The summed E-state index contributed by atoms with van der Waals surface area (Å²) in [6, 6.07) is 10.3. The monoisotopic (exact) mass is 313 g/mol. The van der Waals surface area contributed by atoms with Crippen LogP contribution in [0, 0.1) is 0 Å².